The number of benzene rings is 2. The van der Waals surface area contributed by atoms with Crippen LogP contribution in [0.4, 0.5) is 5.69 Å². The molecule has 0 saturated heterocycles. The van der Waals surface area contributed by atoms with Crippen LogP contribution in [0.15, 0.2) is 46.9 Å². The van der Waals surface area contributed by atoms with Crippen LogP contribution in [0, 0.1) is 6.92 Å². The molecule has 0 fully saturated rings. The molecule has 3 heteroatoms. The zero-order valence-electron chi connectivity index (χ0n) is 10.7. The molecular weight excluding hydrogens is 302 g/mol. The fourth-order valence-electron chi connectivity index (χ4n) is 2.58. The largest absolute Gasteiger partial charge is 0.308 e. The molecule has 2 aromatic carbocycles. The minimum atomic E-state index is 0.0943. The highest BCUT2D eigenvalue weighted by Gasteiger charge is 2.27. The summed E-state index contributed by atoms with van der Waals surface area (Å²) in [5, 5.41) is 0. The predicted molar refractivity (Wildman–Crippen MR) is 80.7 cm³/mol. The lowest BCUT2D eigenvalue weighted by atomic mass is 9.98. The predicted octanol–water partition coefficient (Wildman–Crippen LogP) is 3.96. The number of carbonyl (C=O) groups excluding carboxylic acids is 1. The molecular formula is C16H14BrNO. The molecule has 0 saturated carbocycles. The molecule has 0 bridgehead atoms. The number of hydrogen-bond donors (Lipinski definition) is 0. The highest BCUT2D eigenvalue weighted by Crippen LogP contribution is 2.30. The van der Waals surface area contributed by atoms with E-state index in [9.17, 15) is 4.79 Å². The lowest BCUT2D eigenvalue weighted by molar-refractivity contribution is 0.0980. The third-order valence-electron chi connectivity index (χ3n) is 3.59. The number of para-hydroxylation sites is 1. The number of fused-ring (bicyclic) bond motifs is 1. The summed E-state index contributed by atoms with van der Waals surface area (Å²) in [6, 6.07) is 13.9. The van der Waals surface area contributed by atoms with Gasteiger partial charge in [0.05, 0.1) is 0 Å². The van der Waals surface area contributed by atoms with Gasteiger partial charge in [-0.2, -0.15) is 0 Å². The minimum absolute atomic E-state index is 0.0943. The highest BCUT2D eigenvalue weighted by molar-refractivity contribution is 9.10. The lowest BCUT2D eigenvalue weighted by Crippen LogP contribution is -2.38. The maximum Gasteiger partial charge on any atom is 0.258 e. The fourth-order valence-corrected chi connectivity index (χ4v) is 3.14. The first-order chi connectivity index (χ1) is 9.18. The third kappa shape index (κ3) is 2.08. The Morgan fingerprint density at radius 3 is 2.68 bits per heavy atom. The van der Waals surface area contributed by atoms with Crippen LogP contribution in [-0.4, -0.2) is 12.5 Å². The molecule has 0 radical (unpaired) electrons. The van der Waals surface area contributed by atoms with E-state index in [0.29, 0.717) is 0 Å². The van der Waals surface area contributed by atoms with Gasteiger partial charge < -0.3 is 4.90 Å². The van der Waals surface area contributed by atoms with Gasteiger partial charge in [-0.1, -0.05) is 40.2 Å². The van der Waals surface area contributed by atoms with Gasteiger partial charge >= 0.3 is 0 Å². The SMILES string of the molecule is Cc1ccccc1N1CCc2c(Br)cccc2C1=O. The molecule has 2 aromatic rings. The first-order valence-electron chi connectivity index (χ1n) is 6.33. The molecule has 0 N–H and O–H groups in total. The summed E-state index contributed by atoms with van der Waals surface area (Å²) < 4.78 is 1.03. The number of amides is 1. The van der Waals surface area contributed by atoms with Crippen molar-refractivity contribution < 1.29 is 4.79 Å². The topological polar surface area (TPSA) is 20.3 Å². The van der Waals surface area contributed by atoms with Crippen LogP contribution in [0.2, 0.25) is 0 Å². The van der Waals surface area contributed by atoms with E-state index in [2.05, 4.69) is 15.9 Å². The summed E-state index contributed by atoms with van der Waals surface area (Å²) in [6.45, 7) is 2.78. The van der Waals surface area contributed by atoms with E-state index in [1.54, 1.807) is 0 Å². The van der Waals surface area contributed by atoms with Gasteiger partial charge in [-0.15, -0.1) is 0 Å². The average Bonchev–Trinajstić information content (AvgIpc) is 2.41. The summed E-state index contributed by atoms with van der Waals surface area (Å²) in [6.07, 6.45) is 0.886. The van der Waals surface area contributed by atoms with Gasteiger partial charge in [0.1, 0.15) is 0 Å². The Morgan fingerprint density at radius 2 is 1.89 bits per heavy atom. The zero-order valence-corrected chi connectivity index (χ0v) is 12.3. The van der Waals surface area contributed by atoms with Gasteiger partial charge in [0.15, 0.2) is 0 Å². The third-order valence-corrected chi connectivity index (χ3v) is 4.33. The molecule has 19 heavy (non-hydrogen) atoms. The van der Waals surface area contributed by atoms with E-state index < -0.39 is 0 Å². The molecule has 0 atom stereocenters. The summed E-state index contributed by atoms with van der Waals surface area (Å²) in [5.41, 5.74) is 4.08. The fraction of sp³-hybridized carbons (Fsp3) is 0.188. The number of rotatable bonds is 1. The normalized spacial score (nSPS) is 14.4. The molecule has 0 aromatic heterocycles. The molecule has 1 aliphatic rings. The Morgan fingerprint density at radius 1 is 1.11 bits per heavy atom. The van der Waals surface area contributed by atoms with Crippen molar-refractivity contribution in [2.45, 2.75) is 13.3 Å². The van der Waals surface area contributed by atoms with E-state index in [4.69, 9.17) is 0 Å². The van der Waals surface area contributed by atoms with E-state index >= 15 is 0 Å². The van der Waals surface area contributed by atoms with Gasteiger partial charge in [-0.3, -0.25) is 4.79 Å². The Bertz CT molecular complexity index is 651. The molecule has 96 valence electrons. The number of carbonyl (C=O) groups is 1. The molecule has 1 heterocycles. The molecule has 0 aliphatic carbocycles. The van der Waals surface area contributed by atoms with Crippen molar-refractivity contribution in [3.63, 3.8) is 0 Å². The second kappa shape index (κ2) is 4.82. The summed E-state index contributed by atoms with van der Waals surface area (Å²) in [4.78, 5) is 14.5. The summed E-state index contributed by atoms with van der Waals surface area (Å²) in [7, 11) is 0. The Hall–Kier alpha value is -1.61. The second-order valence-corrected chi connectivity index (χ2v) is 5.61. The van der Waals surface area contributed by atoms with Gasteiger partial charge in [0.25, 0.3) is 5.91 Å². The molecule has 0 unspecified atom stereocenters. The van der Waals surface area contributed by atoms with E-state index in [1.165, 1.54) is 0 Å². The van der Waals surface area contributed by atoms with Crippen LogP contribution in [-0.2, 0) is 6.42 Å². The van der Waals surface area contributed by atoms with Crippen molar-refractivity contribution >= 4 is 27.5 Å². The van der Waals surface area contributed by atoms with Crippen LogP contribution in [0.3, 0.4) is 0 Å². The zero-order chi connectivity index (χ0) is 13.4. The van der Waals surface area contributed by atoms with Crippen molar-refractivity contribution in [2.75, 3.05) is 11.4 Å². The Kier molecular flexibility index (Phi) is 3.15. The number of aryl methyl sites for hydroxylation is 1. The maximum absolute atomic E-state index is 12.6. The van der Waals surface area contributed by atoms with Crippen molar-refractivity contribution in [3.05, 3.63) is 63.6 Å². The number of anilines is 1. The quantitative estimate of drug-likeness (QED) is 0.780. The van der Waals surface area contributed by atoms with E-state index in [1.807, 2.05) is 54.3 Å². The van der Waals surface area contributed by atoms with Crippen molar-refractivity contribution in [1.82, 2.24) is 0 Å². The van der Waals surface area contributed by atoms with Crippen molar-refractivity contribution in [3.8, 4) is 0 Å². The molecule has 0 spiro atoms. The van der Waals surface area contributed by atoms with Gasteiger partial charge in [-0.25, -0.2) is 0 Å². The molecule has 1 aliphatic heterocycles. The number of nitrogens with zero attached hydrogens (tertiary/aromatic N) is 1. The standard InChI is InChI=1S/C16H14BrNO/c1-11-5-2-3-8-15(11)18-10-9-12-13(16(18)19)6-4-7-14(12)17/h2-8H,9-10H2,1H3. The second-order valence-electron chi connectivity index (χ2n) is 4.76. The van der Waals surface area contributed by atoms with Crippen molar-refractivity contribution in [1.29, 1.82) is 0 Å². The molecule has 2 nitrogen and oxygen atoms in total. The molecule has 3 rings (SSSR count). The average molecular weight is 316 g/mol. The monoisotopic (exact) mass is 315 g/mol. The van der Waals surface area contributed by atoms with Crippen LogP contribution in [0.25, 0.3) is 0 Å². The number of halogens is 1. The number of hydrogen-bond acceptors (Lipinski definition) is 1. The Balaban J connectivity index is 2.05. The van der Waals surface area contributed by atoms with Crippen LogP contribution < -0.4 is 4.90 Å². The highest BCUT2D eigenvalue weighted by atomic mass is 79.9. The van der Waals surface area contributed by atoms with Gasteiger partial charge in [0.2, 0.25) is 0 Å². The van der Waals surface area contributed by atoms with Crippen LogP contribution in [0.5, 0.6) is 0 Å². The maximum atomic E-state index is 12.6. The van der Waals surface area contributed by atoms with Crippen LogP contribution >= 0.6 is 15.9 Å². The van der Waals surface area contributed by atoms with E-state index in [0.717, 1.165) is 39.8 Å². The smallest absolute Gasteiger partial charge is 0.258 e. The van der Waals surface area contributed by atoms with Gasteiger partial charge in [-0.05, 0) is 42.7 Å². The lowest BCUT2D eigenvalue weighted by Gasteiger charge is -2.30. The summed E-state index contributed by atoms with van der Waals surface area (Å²) >= 11 is 3.53. The van der Waals surface area contributed by atoms with Gasteiger partial charge in [0, 0.05) is 22.3 Å². The summed E-state index contributed by atoms with van der Waals surface area (Å²) in [5.74, 6) is 0.0943. The van der Waals surface area contributed by atoms with Crippen molar-refractivity contribution in [2.24, 2.45) is 0 Å². The van der Waals surface area contributed by atoms with Crippen LogP contribution in [0.1, 0.15) is 21.5 Å². The first kappa shape index (κ1) is 12.4. The first-order valence-corrected chi connectivity index (χ1v) is 7.12. The minimum Gasteiger partial charge on any atom is -0.308 e. The Labute approximate surface area is 121 Å². The van der Waals surface area contributed by atoms with E-state index in [-0.39, 0.29) is 5.91 Å². The molecule has 1 amide bonds.